The first kappa shape index (κ1) is 14.4. The van der Waals surface area contributed by atoms with Crippen LogP contribution in [-0.4, -0.2) is 29.5 Å². The molecule has 1 amide bonds. The van der Waals surface area contributed by atoms with Gasteiger partial charge in [-0.3, -0.25) is 4.79 Å². The molecule has 1 aromatic rings. The minimum Gasteiger partial charge on any atom is -0.325 e. The molecule has 0 aromatic heterocycles. The summed E-state index contributed by atoms with van der Waals surface area (Å²) < 4.78 is 0. The molecule has 0 bridgehead atoms. The number of anilines is 1. The molecule has 1 aliphatic carbocycles. The van der Waals surface area contributed by atoms with Crippen molar-refractivity contribution >= 4 is 23.4 Å². The van der Waals surface area contributed by atoms with E-state index >= 15 is 0 Å². The molecule has 1 fully saturated rings. The molecule has 104 valence electrons. The van der Waals surface area contributed by atoms with Gasteiger partial charge in [0, 0.05) is 17.0 Å². The lowest BCUT2D eigenvalue weighted by Gasteiger charge is -2.19. The van der Waals surface area contributed by atoms with Crippen LogP contribution in [0.5, 0.6) is 0 Å². The van der Waals surface area contributed by atoms with E-state index in [1.165, 1.54) is 19.3 Å². The molecular formula is C15H22N2OS. The average molecular weight is 278 g/mol. The van der Waals surface area contributed by atoms with Crippen LogP contribution in [0.3, 0.4) is 0 Å². The standard InChI is InChI=1S/C15H22N2OS/c1-2-19-14-10-6-9-13(14)16-11-15(18)17-12-7-4-3-5-8-12/h3-5,7-8,13-14,16H,2,6,9-11H2,1H3,(H,17,18)/t13-,14-/m1/s1. The first-order valence-corrected chi connectivity index (χ1v) is 8.04. The summed E-state index contributed by atoms with van der Waals surface area (Å²) in [5, 5.41) is 6.98. The number of amides is 1. The Labute approximate surface area is 119 Å². The predicted octanol–water partition coefficient (Wildman–Crippen LogP) is 2.89. The van der Waals surface area contributed by atoms with Crippen LogP contribution < -0.4 is 10.6 Å². The Morgan fingerprint density at radius 1 is 1.32 bits per heavy atom. The largest absolute Gasteiger partial charge is 0.325 e. The Balaban J connectivity index is 1.74. The van der Waals surface area contributed by atoms with Crippen molar-refractivity contribution in [3.63, 3.8) is 0 Å². The number of para-hydroxylation sites is 1. The second kappa shape index (κ2) is 7.56. The zero-order valence-corrected chi connectivity index (χ0v) is 12.2. The fraction of sp³-hybridized carbons (Fsp3) is 0.533. The monoisotopic (exact) mass is 278 g/mol. The highest BCUT2D eigenvalue weighted by Crippen LogP contribution is 2.29. The predicted molar refractivity (Wildman–Crippen MR) is 82.6 cm³/mol. The van der Waals surface area contributed by atoms with Crippen LogP contribution in [0.25, 0.3) is 0 Å². The summed E-state index contributed by atoms with van der Waals surface area (Å²) in [4.78, 5) is 11.9. The number of nitrogens with one attached hydrogen (secondary N) is 2. The molecule has 19 heavy (non-hydrogen) atoms. The van der Waals surface area contributed by atoms with E-state index in [0.29, 0.717) is 17.8 Å². The number of hydrogen-bond donors (Lipinski definition) is 2. The third-order valence-electron chi connectivity index (χ3n) is 3.42. The van der Waals surface area contributed by atoms with Crippen LogP contribution in [0.1, 0.15) is 26.2 Å². The summed E-state index contributed by atoms with van der Waals surface area (Å²) in [6, 6.07) is 10.1. The maximum absolute atomic E-state index is 11.9. The highest BCUT2D eigenvalue weighted by atomic mass is 32.2. The smallest absolute Gasteiger partial charge is 0.238 e. The van der Waals surface area contributed by atoms with Crippen LogP contribution in [0.4, 0.5) is 5.69 Å². The van der Waals surface area contributed by atoms with Gasteiger partial charge in [0.15, 0.2) is 0 Å². The van der Waals surface area contributed by atoms with Crippen molar-refractivity contribution in [1.82, 2.24) is 5.32 Å². The Hall–Kier alpha value is -1.00. The molecule has 1 aliphatic rings. The number of benzene rings is 1. The van der Waals surface area contributed by atoms with Crippen molar-refractivity contribution in [2.75, 3.05) is 17.6 Å². The van der Waals surface area contributed by atoms with E-state index in [2.05, 4.69) is 17.6 Å². The van der Waals surface area contributed by atoms with Gasteiger partial charge in [-0.25, -0.2) is 0 Å². The van der Waals surface area contributed by atoms with E-state index in [4.69, 9.17) is 0 Å². The lowest BCUT2D eigenvalue weighted by Crippen LogP contribution is -2.39. The number of rotatable bonds is 6. The van der Waals surface area contributed by atoms with Gasteiger partial charge >= 0.3 is 0 Å². The first-order chi connectivity index (χ1) is 9.29. The van der Waals surface area contributed by atoms with Crippen molar-refractivity contribution in [1.29, 1.82) is 0 Å². The van der Waals surface area contributed by atoms with Gasteiger partial charge in [-0.15, -0.1) is 0 Å². The zero-order chi connectivity index (χ0) is 13.5. The van der Waals surface area contributed by atoms with Crippen molar-refractivity contribution in [2.45, 2.75) is 37.5 Å². The summed E-state index contributed by atoms with van der Waals surface area (Å²) in [6.07, 6.45) is 3.74. The molecule has 3 nitrogen and oxygen atoms in total. The summed E-state index contributed by atoms with van der Waals surface area (Å²) in [7, 11) is 0. The van der Waals surface area contributed by atoms with Crippen molar-refractivity contribution in [3.8, 4) is 0 Å². The minimum atomic E-state index is 0.0401. The molecule has 4 heteroatoms. The molecule has 1 saturated carbocycles. The molecule has 2 N–H and O–H groups in total. The Morgan fingerprint density at radius 3 is 2.84 bits per heavy atom. The molecule has 0 radical (unpaired) electrons. The second-order valence-corrected chi connectivity index (χ2v) is 6.34. The van der Waals surface area contributed by atoms with E-state index in [0.717, 1.165) is 11.4 Å². The summed E-state index contributed by atoms with van der Waals surface area (Å²) in [6.45, 7) is 2.60. The molecular weight excluding hydrogens is 256 g/mol. The number of thioether (sulfide) groups is 1. The highest BCUT2D eigenvalue weighted by molar-refractivity contribution is 7.99. The fourth-order valence-electron chi connectivity index (χ4n) is 2.52. The van der Waals surface area contributed by atoms with Crippen molar-refractivity contribution in [2.24, 2.45) is 0 Å². The molecule has 1 aromatic carbocycles. The average Bonchev–Trinajstić information content (AvgIpc) is 2.85. The van der Waals surface area contributed by atoms with Gasteiger partial charge in [0.25, 0.3) is 0 Å². The zero-order valence-electron chi connectivity index (χ0n) is 11.4. The van der Waals surface area contributed by atoms with Crippen LogP contribution in [-0.2, 0) is 4.79 Å². The Morgan fingerprint density at radius 2 is 2.11 bits per heavy atom. The quantitative estimate of drug-likeness (QED) is 0.840. The van der Waals surface area contributed by atoms with E-state index in [-0.39, 0.29) is 5.91 Å². The number of hydrogen-bond acceptors (Lipinski definition) is 3. The van der Waals surface area contributed by atoms with E-state index in [9.17, 15) is 4.79 Å². The van der Waals surface area contributed by atoms with E-state index in [1.54, 1.807) is 0 Å². The molecule has 2 atom stereocenters. The van der Waals surface area contributed by atoms with E-state index < -0.39 is 0 Å². The number of carbonyl (C=O) groups excluding carboxylic acids is 1. The van der Waals surface area contributed by atoms with Gasteiger partial charge in [-0.2, -0.15) is 11.8 Å². The lowest BCUT2D eigenvalue weighted by molar-refractivity contribution is -0.115. The van der Waals surface area contributed by atoms with Crippen molar-refractivity contribution < 1.29 is 4.79 Å². The second-order valence-electron chi connectivity index (χ2n) is 4.83. The SMILES string of the molecule is CCS[C@@H]1CCC[C@H]1NCC(=O)Nc1ccccc1. The summed E-state index contributed by atoms with van der Waals surface area (Å²) in [5.74, 6) is 1.19. The van der Waals surface area contributed by atoms with Crippen molar-refractivity contribution in [3.05, 3.63) is 30.3 Å². The fourth-order valence-corrected chi connectivity index (χ4v) is 3.75. The van der Waals surface area contributed by atoms with Gasteiger partial charge in [-0.1, -0.05) is 31.5 Å². The van der Waals surface area contributed by atoms with Gasteiger partial charge in [0.2, 0.25) is 5.91 Å². The van der Waals surface area contributed by atoms with Crippen LogP contribution in [0.2, 0.25) is 0 Å². The van der Waals surface area contributed by atoms with Crippen LogP contribution in [0.15, 0.2) is 30.3 Å². The van der Waals surface area contributed by atoms with Gasteiger partial charge in [0.05, 0.1) is 6.54 Å². The molecule has 0 spiro atoms. The molecule has 2 rings (SSSR count). The topological polar surface area (TPSA) is 41.1 Å². The lowest BCUT2D eigenvalue weighted by atomic mass is 10.2. The highest BCUT2D eigenvalue weighted by Gasteiger charge is 2.26. The summed E-state index contributed by atoms with van der Waals surface area (Å²) >= 11 is 2.01. The molecule has 0 heterocycles. The molecule has 0 aliphatic heterocycles. The molecule has 0 unspecified atom stereocenters. The first-order valence-electron chi connectivity index (χ1n) is 6.99. The van der Waals surface area contributed by atoms with Gasteiger partial charge in [0.1, 0.15) is 0 Å². The maximum Gasteiger partial charge on any atom is 0.238 e. The third-order valence-corrected chi connectivity index (χ3v) is 4.74. The minimum absolute atomic E-state index is 0.0401. The summed E-state index contributed by atoms with van der Waals surface area (Å²) in [5.41, 5.74) is 0.861. The Bertz CT molecular complexity index is 396. The van der Waals surface area contributed by atoms with Crippen LogP contribution in [0, 0.1) is 0 Å². The third kappa shape index (κ3) is 4.55. The normalized spacial score (nSPS) is 22.4. The van der Waals surface area contributed by atoms with Crippen LogP contribution >= 0.6 is 11.8 Å². The molecule has 0 saturated heterocycles. The number of carbonyl (C=O) groups is 1. The van der Waals surface area contributed by atoms with Gasteiger partial charge < -0.3 is 10.6 Å². The maximum atomic E-state index is 11.9. The van der Waals surface area contributed by atoms with E-state index in [1.807, 2.05) is 42.1 Å². The Kier molecular flexibility index (Phi) is 5.73. The van der Waals surface area contributed by atoms with Gasteiger partial charge in [-0.05, 0) is 30.7 Å².